The maximum absolute atomic E-state index is 12.7. The van der Waals surface area contributed by atoms with Gasteiger partial charge in [0, 0.05) is 13.1 Å². The molecule has 14 heteroatoms. The number of halogens is 3. The Bertz CT molecular complexity index is 1460. The number of aryl methyl sites for hydroxylation is 2. The van der Waals surface area contributed by atoms with Crippen LogP contribution in [0, 0.1) is 13.8 Å². The number of benzene rings is 2. The van der Waals surface area contributed by atoms with E-state index in [1.807, 2.05) is 38.1 Å². The molecule has 5 rings (SSSR count). The van der Waals surface area contributed by atoms with E-state index in [-0.39, 0.29) is 5.13 Å². The van der Waals surface area contributed by atoms with E-state index in [0.717, 1.165) is 46.3 Å². The second kappa shape index (κ2) is 11.5. The maximum Gasteiger partial charge on any atom is 0.445 e. The van der Waals surface area contributed by atoms with Crippen LogP contribution in [0.3, 0.4) is 0 Å². The van der Waals surface area contributed by atoms with Crippen molar-refractivity contribution in [2.75, 3.05) is 39.7 Å². The van der Waals surface area contributed by atoms with Gasteiger partial charge in [-0.3, -0.25) is 5.43 Å². The van der Waals surface area contributed by atoms with E-state index in [2.05, 4.69) is 59.2 Å². The number of hydrazine groups is 2. The lowest BCUT2D eigenvalue weighted by Crippen LogP contribution is -2.15. The van der Waals surface area contributed by atoms with Crippen LogP contribution in [0.5, 0.6) is 0 Å². The number of anilines is 5. The van der Waals surface area contributed by atoms with Gasteiger partial charge in [-0.1, -0.05) is 22.7 Å². The van der Waals surface area contributed by atoms with Gasteiger partial charge in [-0.05, 0) is 86.3 Å². The molecule has 0 bridgehead atoms. The van der Waals surface area contributed by atoms with Crippen LogP contribution in [-0.4, -0.2) is 23.3 Å². The molecular weight excluding hydrogens is 547 g/mol. The Labute approximate surface area is 231 Å². The lowest BCUT2D eigenvalue weighted by atomic mass is 10.2. The van der Waals surface area contributed by atoms with Crippen LogP contribution in [-0.2, 0) is 6.18 Å². The number of nitrogens with zero attached hydrogens (tertiary/aromatic N) is 5. The van der Waals surface area contributed by atoms with Gasteiger partial charge in [0.2, 0.25) is 5.01 Å². The van der Waals surface area contributed by atoms with Crippen molar-refractivity contribution in [2.45, 2.75) is 32.9 Å². The summed E-state index contributed by atoms with van der Waals surface area (Å²) in [6.07, 6.45) is -2.03. The molecule has 2 aromatic heterocycles. The number of nitrogens with one attached hydrogen (secondary N) is 4. The second-order valence-corrected chi connectivity index (χ2v) is 11.0. The molecule has 0 amide bonds. The molecule has 3 heterocycles. The predicted molar refractivity (Wildman–Crippen MR) is 152 cm³/mol. The molecule has 39 heavy (non-hydrogen) atoms. The summed E-state index contributed by atoms with van der Waals surface area (Å²) < 4.78 is 38.0. The molecule has 2 aromatic carbocycles. The van der Waals surface area contributed by atoms with Crippen molar-refractivity contribution in [2.24, 2.45) is 10.2 Å². The summed E-state index contributed by atoms with van der Waals surface area (Å²) in [7, 11) is 0. The van der Waals surface area contributed by atoms with Gasteiger partial charge in [0.05, 0.1) is 27.8 Å². The molecule has 0 unspecified atom stereocenters. The van der Waals surface area contributed by atoms with Crippen LogP contribution < -0.4 is 26.6 Å². The normalized spacial score (nSPS) is 13.7. The van der Waals surface area contributed by atoms with Gasteiger partial charge >= 0.3 is 6.18 Å². The van der Waals surface area contributed by atoms with Crippen molar-refractivity contribution >= 4 is 60.6 Å². The van der Waals surface area contributed by atoms with Crippen molar-refractivity contribution in [3.05, 3.63) is 64.7 Å². The monoisotopic (exact) mass is 573 g/mol. The largest absolute Gasteiger partial charge is 0.445 e. The minimum absolute atomic E-state index is 0.156. The van der Waals surface area contributed by atoms with Gasteiger partial charge < -0.3 is 21.2 Å². The van der Waals surface area contributed by atoms with Crippen LogP contribution in [0.1, 0.15) is 29.0 Å². The Hall–Kier alpha value is -3.91. The number of hydrogen-bond acceptors (Lipinski definition) is 11. The maximum atomic E-state index is 12.7. The highest BCUT2D eigenvalue weighted by molar-refractivity contribution is 7.20. The van der Waals surface area contributed by atoms with Crippen molar-refractivity contribution < 1.29 is 13.2 Å². The van der Waals surface area contributed by atoms with Crippen molar-refractivity contribution in [1.82, 2.24) is 10.2 Å². The Balaban J connectivity index is 1.14. The highest BCUT2D eigenvalue weighted by atomic mass is 32.1. The third-order valence-corrected chi connectivity index (χ3v) is 7.92. The van der Waals surface area contributed by atoms with E-state index in [1.165, 1.54) is 17.8 Å². The van der Waals surface area contributed by atoms with Gasteiger partial charge in [0.1, 0.15) is 5.00 Å². The number of aromatic nitrogens is 2. The zero-order chi connectivity index (χ0) is 27.4. The molecule has 1 aliphatic heterocycles. The van der Waals surface area contributed by atoms with Gasteiger partial charge in [-0.15, -0.1) is 20.4 Å². The summed E-state index contributed by atoms with van der Waals surface area (Å²) in [5.41, 5.74) is 17.9. The molecule has 204 valence electrons. The van der Waals surface area contributed by atoms with Crippen LogP contribution in [0.4, 0.5) is 51.1 Å². The lowest BCUT2D eigenvalue weighted by molar-refractivity contribution is -0.138. The second-order valence-electron chi connectivity index (χ2n) is 8.95. The standard InChI is InChI=1S/C25H26F3N9S2/c1-15-14-18(30-33-21-9-10-22(38-21)37-11-3-4-12-37)6-7-19(15)31-29-17-5-8-20(16(2)13-17)32-35-24-36-34-23(39-24)25(26,27)28/h5-10,13-14,29-31,33H,3-4,11-12H2,1-2H3. The average molecular weight is 574 g/mol. The summed E-state index contributed by atoms with van der Waals surface area (Å²) in [4.78, 5) is 2.42. The van der Waals surface area contributed by atoms with Crippen molar-refractivity contribution in [1.29, 1.82) is 0 Å². The molecule has 0 radical (unpaired) electrons. The molecule has 4 aromatic rings. The number of rotatable bonds is 9. The van der Waals surface area contributed by atoms with E-state index >= 15 is 0 Å². The lowest BCUT2D eigenvalue weighted by Gasteiger charge is -2.15. The Morgan fingerprint density at radius 1 is 0.795 bits per heavy atom. The average Bonchev–Trinajstić information content (AvgIpc) is 3.68. The molecule has 1 aliphatic rings. The van der Waals surface area contributed by atoms with Crippen molar-refractivity contribution in [3.8, 4) is 0 Å². The number of hydrogen-bond donors (Lipinski definition) is 4. The summed E-state index contributed by atoms with van der Waals surface area (Å²) in [5.74, 6) is 0. The van der Waals surface area contributed by atoms with E-state index < -0.39 is 11.2 Å². The topological polar surface area (TPSA) is 102 Å². The van der Waals surface area contributed by atoms with E-state index in [4.69, 9.17) is 0 Å². The molecule has 0 atom stereocenters. The number of alkyl halides is 3. The van der Waals surface area contributed by atoms with Gasteiger partial charge in [0.15, 0.2) is 0 Å². The van der Waals surface area contributed by atoms with Gasteiger partial charge in [-0.2, -0.15) is 13.2 Å². The van der Waals surface area contributed by atoms with E-state index in [0.29, 0.717) is 17.0 Å². The summed E-state index contributed by atoms with van der Waals surface area (Å²) in [5, 5.41) is 15.5. The minimum Gasteiger partial charge on any atom is -0.363 e. The van der Waals surface area contributed by atoms with E-state index in [9.17, 15) is 13.2 Å². The molecular formula is C25H26F3N9S2. The first-order valence-electron chi connectivity index (χ1n) is 12.2. The highest BCUT2D eigenvalue weighted by Gasteiger charge is 2.35. The smallest absolute Gasteiger partial charge is 0.363 e. The molecule has 0 saturated carbocycles. The minimum atomic E-state index is -4.55. The Morgan fingerprint density at radius 2 is 1.51 bits per heavy atom. The molecule has 0 aliphatic carbocycles. The quantitative estimate of drug-likeness (QED) is 0.118. The third kappa shape index (κ3) is 6.75. The SMILES string of the molecule is Cc1cc(NNc2ccc(NNc3ccc(N4CCCC4)s3)cc2C)ccc1N=Nc1nnc(C(F)(F)F)s1. The zero-order valence-electron chi connectivity index (χ0n) is 21.1. The Kier molecular flexibility index (Phi) is 7.84. The van der Waals surface area contributed by atoms with Crippen LogP contribution >= 0.6 is 22.7 Å². The fourth-order valence-corrected chi connectivity index (χ4v) is 5.41. The van der Waals surface area contributed by atoms with Gasteiger partial charge in [-0.25, -0.2) is 0 Å². The first-order valence-corrected chi connectivity index (χ1v) is 13.8. The number of thiophene rings is 1. The summed E-state index contributed by atoms with van der Waals surface area (Å²) in [6.45, 7) is 6.10. The van der Waals surface area contributed by atoms with Crippen LogP contribution in [0.25, 0.3) is 0 Å². The first-order chi connectivity index (χ1) is 18.7. The summed E-state index contributed by atoms with van der Waals surface area (Å²) >= 11 is 2.08. The molecule has 1 saturated heterocycles. The first kappa shape index (κ1) is 26.7. The van der Waals surface area contributed by atoms with Crippen LogP contribution in [0.2, 0.25) is 0 Å². The predicted octanol–water partition coefficient (Wildman–Crippen LogP) is 8.13. The zero-order valence-corrected chi connectivity index (χ0v) is 22.8. The molecule has 4 N–H and O–H groups in total. The fourth-order valence-electron chi connectivity index (χ4n) is 3.97. The summed E-state index contributed by atoms with van der Waals surface area (Å²) in [6, 6.07) is 15.6. The van der Waals surface area contributed by atoms with E-state index in [1.54, 1.807) is 23.5 Å². The Morgan fingerprint density at radius 3 is 2.21 bits per heavy atom. The van der Waals surface area contributed by atoms with Crippen LogP contribution in [0.15, 0.2) is 58.8 Å². The molecule has 0 spiro atoms. The molecule has 1 fully saturated rings. The fraction of sp³-hybridized carbons (Fsp3) is 0.280. The highest BCUT2D eigenvalue weighted by Crippen LogP contribution is 2.35. The third-order valence-electron chi connectivity index (χ3n) is 6.00. The van der Waals surface area contributed by atoms with Gasteiger partial charge in [0.25, 0.3) is 5.13 Å². The number of azo groups is 1. The van der Waals surface area contributed by atoms with Crippen molar-refractivity contribution in [3.63, 3.8) is 0 Å². The molecule has 9 nitrogen and oxygen atoms in total.